The third-order valence-corrected chi connectivity index (χ3v) is 6.33. The Morgan fingerprint density at radius 2 is 1.85 bits per heavy atom. The standard InChI is InChI=1S/C22H27NO3S/c1-12-6-7-18-17(10-12)11-19(27-18)22(25)26-16(5)21(24)23-20-14(3)8-13(2)9-15(20)4/h8-9,11-12,16H,6-7,10H2,1-5H3,(H,23,24)/t12-,16+/m1/s1. The van der Waals surface area contributed by atoms with Crippen molar-refractivity contribution in [2.24, 2.45) is 5.92 Å². The van der Waals surface area contributed by atoms with Crippen LogP contribution in [0.4, 0.5) is 5.69 Å². The molecule has 1 aromatic heterocycles. The van der Waals surface area contributed by atoms with Crippen molar-refractivity contribution in [3.63, 3.8) is 0 Å². The van der Waals surface area contributed by atoms with Crippen LogP contribution in [-0.2, 0) is 22.4 Å². The van der Waals surface area contributed by atoms with Crippen LogP contribution in [0.2, 0.25) is 0 Å². The lowest BCUT2D eigenvalue weighted by atomic mass is 9.90. The molecule has 144 valence electrons. The Morgan fingerprint density at radius 3 is 2.52 bits per heavy atom. The van der Waals surface area contributed by atoms with Gasteiger partial charge in [-0.2, -0.15) is 0 Å². The van der Waals surface area contributed by atoms with Gasteiger partial charge in [-0.3, -0.25) is 4.79 Å². The molecular weight excluding hydrogens is 358 g/mol. The molecule has 0 bridgehead atoms. The molecule has 27 heavy (non-hydrogen) atoms. The Hall–Kier alpha value is -2.14. The van der Waals surface area contributed by atoms with Crippen molar-refractivity contribution in [1.82, 2.24) is 0 Å². The highest BCUT2D eigenvalue weighted by molar-refractivity contribution is 7.14. The fourth-order valence-corrected chi connectivity index (χ4v) is 4.77. The summed E-state index contributed by atoms with van der Waals surface area (Å²) >= 11 is 1.50. The smallest absolute Gasteiger partial charge is 0.349 e. The van der Waals surface area contributed by atoms with Crippen LogP contribution in [0.25, 0.3) is 0 Å². The minimum absolute atomic E-state index is 0.312. The van der Waals surface area contributed by atoms with E-state index in [1.807, 2.05) is 39.0 Å². The third-order valence-electron chi connectivity index (χ3n) is 5.11. The van der Waals surface area contributed by atoms with E-state index in [0.717, 1.165) is 41.6 Å². The van der Waals surface area contributed by atoms with Crippen LogP contribution in [0.15, 0.2) is 18.2 Å². The summed E-state index contributed by atoms with van der Waals surface area (Å²) in [6.07, 6.45) is 2.35. The summed E-state index contributed by atoms with van der Waals surface area (Å²) in [5.74, 6) is -0.0722. The predicted octanol–water partition coefficient (Wildman–Crippen LogP) is 4.98. The second-order valence-electron chi connectivity index (χ2n) is 7.72. The normalized spacial score (nSPS) is 17.1. The van der Waals surface area contributed by atoms with E-state index >= 15 is 0 Å². The maximum atomic E-state index is 12.5. The molecule has 3 rings (SSSR count). The summed E-state index contributed by atoms with van der Waals surface area (Å²) in [6.45, 7) is 9.80. The Balaban J connectivity index is 1.66. The largest absolute Gasteiger partial charge is 0.448 e. The average Bonchev–Trinajstić information content (AvgIpc) is 3.01. The predicted molar refractivity (Wildman–Crippen MR) is 110 cm³/mol. The number of thiophene rings is 1. The van der Waals surface area contributed by atoms with Gasteiger partial charge in [-0.05, 0) is 75.6 Å². The van der Waals surface area contributed by atoms with Crippen molar-refractivity contribution in [2.75, 3.05) is 5.32 Å². The number of aryl methyl sites for hydroxylation is 4. The lowest BCUT2D eigenvalue weighted by Gasteiger charge is -2.16. The molecule has 2 aromatic rings. The van der Waals surface area contributed by atoms with Crippen LogP contribution in [0, 0.1) is 26.7 Å². The molecule has 0 saturated heterocycles. The van der Waals surface area contributed by atoms with E-state index in [1.165, 1.54) is 21.8 Å². The third kappa shape index (κ3) is 4.41. The topological polar surface area (TPSA) is 55.4 Å². The highest BCUT2D eigenvalue weighted by Crippen LogP contribution is 2.32. The Kier molecular flexibility index (Phi) is 5.70. The van der Waals surface area contributed by atoms with E-state index < -0.39 is 12.1 Å². The number of benzene rings is 1. The summed E-state index contributed by atoms with van der Waals surface area (Å²) in [4.78, 5) is 26.9. The number of esters is 1. The van der Waals surface area contributed by atoms with Crippen molar-refractivity contribution < 1.29 is 14.3 Å². The second-order valence-corrected chi connectivity index (χ2v) is 8.85. The molecule has 1 aliphatic carbocycles. The number of anilines is 1. The zero-order chi connectivity index (χ0) is 19.7. The van der Waals surface area contributed by atoms with Crippen LogP contribution >= 0.6 is 11.3 Å². The van der Waals surface area contributed by atoms with Gasteiger partial charge in [0.05, 0.1) is 0 Å². The van der Waals surface area contributed by atoms with E-state index in [0.29, 0.717) is 10.8 Å². The Bertz CT molecular complexity index is 861. The van der Waals surface area contributed by atoms with Gasteiger partial charge in [0.25, 0.3) is 5.91 Å². The minimum Gasteiger partial charge on any atom is -0.448 e. The van der Waals surface area contributed by atoms with E-state index in [2.05, 4.69) is 12.2 Å². The molecule has 0 spiro atoms. The SMILES string of the molecule is Cc1cc(C)c(NC(=O)[C@H](C)OC(=O)c2cc3c(s2)CC[C@@H](C)C3)c(C)c1. The summed E-state index contributed by atoms with van der Waals surface area (Å²) in [5.41, 5.74) is 5.19. The number of ether oxygens (including phenoxy) is 1. The molecule has 2 atom stereocenters. The van der Waals surface area contributed by atoms with E-state index in [9.17, 15) is 9.59 Å². The average molecular weight is 386 g/mol. The molecule has 1 amide bonds. The Morgan fingerprint density at radius 1 is 1.19 bits per heavy atom. The highest BCUT2D eigenvalue weighted by Gasteiger charge is 2.24. The molecule has 0 aliphatic heterocycles. The minimum atomic E-state index is -0.851. The second kappa shape index (κ2) is 7.85. The lowest BCUT2D eigenvalue weighted by molar-refractivity contribution is -0.123. The van der Waals surface area contributed by atoms with Gasteiger partial charge in [-0.1, -0.05) is 24.6 Å². The molecule has 4 nitrogen and oxygen atoms in total. The Labute approximate surface area is 164 Å². The van der Waals surface area contributed by atoms with Crippen LogP contribution in [0.3, 0.4) is 0 Å². The molecule has 1 aromatic carbocycles. The number of nitrogens with one attached hydrogen (secondary N) is 1. The number of carbonyl (C=O) groups excluding carboxylic acids is 2. The zero-order valence-corrected chi connectivity index (χ0v) is 17.5. The van der Waals surface area contributed by atoms with Gasteiger partial charge < -0.3 is 10.1 Å². The number of hydrogen-bond donors (Lipinski definition) is 1. The first kappa shape index (κ1) is 19.6. The molecule has 0 saturated carbocycles. The highest BCUT2D eigenvalue weighted by atomic mass is 32.1. The van der Waals surface area contributed by atoms with Gasteiger partial charge in [-0.25, -0.2) is 4.79 Å². The van der Waals surface area contributed by atoms with Crippen molar-refractivity contribution in [2.45, 2.75) is 60.0 Å². The number of carbonyl (C=O) groups is 2. The number of hydrogen-bond acceptors (Lipinski definition) is 4. The molecule has 1 aliphatic rings. The van der Waals surface area contributed by atoms with Crippen LogP contribution in [0.5, 0.6) is 0 Å². The number of amides is 1. The summed E-state index contributed by atoms with van der Waals surface area (Å²) in [5, 5.41) is 2.90. The number of rotatable bonds is 4. The van der Waals surface area contributed by atoms with E-state index in [4.69, 9.17) is 4.74 Å². The van der Waals surface area contributed by atoms with E-state index in [1.54, 1.807) is 6.92 Å². The van der Waals surface area contributed by atoms with Crippen molar-refractivity contribution in [3.05, 3.63) is 50.2 Å². The van der Waals surface area contributed by atoms with Gasteiger partial charge in [-0.15, -0.1) is 11.3 Å². The molecule has 0 radical (unpaired) electrons. The fraction of sp³-hybridized carbons (Fsp3) is 0.455. The van der Waals surface area contributed by atoms with Crippen LogP contribution in [0.1, 0.15) is 57.1 Å². The molecule has 0 unspecified atom stereocenters. The molecule has 1 N–H and O–H groups in total. The first-order valence-electron chi connectivity index (χ1n) is 9.46. The van der Waals surface area contributed by atoms with Gasteiger partial charge >= 0.3 is 5.97 Å². The molecule has 5 heteroatoms. The van der Waals surface area contributed by atoms with Crippen LogP contribution < -0.4 is 5.32 Å². The monoisotopic (exact) mass is 385 g/mol. The zero-order valence-electron chi connectivity index (χ0n) is 16.6. The molecular formula is C22H27NO3S. The summed E-state index contributed by atoms with van der Waals surface area (Å²) < 4.78 is 5.44. The first-order valence-corrected chi connectivity index (χ1v) is 10.3. The number of fused-ring (bicyclic) bond motifs is 1. The molecule has 0 fully saturated rings. The lowest BCUT2D eigenvalue weighted by Crippen LogP contribution is -2.30. The van der Waals surface area contributed by atoms with Gasteiger partial charge in [0, 0.05) is 10.6 Å². The van der Waals surface area contributed by atoms with Gasteiger partial charge in [0.2, 0.25) is 0 Å². The van der Waals surface area contributed by atoms with Crippen molar-refractivity contribution in [3.8, 4) is 0 Å². The molecule has 1 heterocycles. The first-order chi connectivity index (χ1) is 12.7. The quantitative estimate of drug-likeness (QED) is 0.755. The summed E-state index contributed by atoms with van der Waals surface area (Å²) in [6, 6.07) is 5.99. The van der Waals surface area contributed by atoms with Crippen LogP contribution in [-0.4, -0.2) is 18.0 Å². The summed E-state index contributed by atoms with van der Waals surface area (Å²) in [7, 11) is 0. The van der Waals surface area contributed by atoms with Gasteiger partial charge in [0.1, 0.15) is 4.88 Å². The fourth-order valence-electron chi connectivity index (χ4n) is 3.68. The van der Waals surface area contributed by atoms with Crippen molar-refractivity contribution in [1.29, 1.82) is 0 Å². The van der Waals surface area contributed by atoms with Crippen molar-refractivity contribution >= 4 is 28.9 Å². The maximum Gasteiger partial charge on any atom is 0.349 e. The van der Waals surface area contributed by atoms with E-state index in [-0.39, 0.29) is 5.91 Å². The maximum absolute atomic E-state index is 12.5. The van der Waals surface area contributed by atoms with Gasteiger partial charge in [0.15, 0.2) is 6.10 Å².